The predicted octanol–water partition coefficient (Wildman–Crippen LogP) is 3.77. The fraction of sp³-hybridized carbons (Fsp3) is 0.438. The minimum atomic E-state index is 0.371. The normalized spacial score (nSPS) is 12.6. The Morgan fingerprint density at radius 1 is 1.40 bits per heavy atom. The van der Waals surface area contributed by atoms with Gasteiger partial charge < -0.3 is 5.32 Å². The summed E-state index contributed by atoms with van der Waals surface area (Å²) in [4.78, 5) is 0. The number of halogens is 1. The molecule has 0 aliphatic rings. The first-order valence-electron chi connectivity index (χ1n) is 7.07. The van der Waals surface area contributed by atoms with Crippen LogP contribution in [0, 0.1) is 6.92 Å². The maximum atomic E-state index is 4.23. The average Bonchev–Trinajstić information content (AvgIpc) is 2.81. The van der Waals surface area contributed by atoms with Crippen LogP contribution in [0.5, 0.6) is 0 Å². The van der Waals surface area contributed by atoms with Gasteiger partial charge in [-0.05, 0) is 49.1 Å². The van der Waals surface area contributed by atoms with Gasteiger partial charge in [0.25, 0.3) is 0 Å². The molecule has 2 aromatic rings. The Hall–Kier alpha value is -1.13. The van der Waals surface area contributed by atoms with Crippen LogP contribution in [0.15, 0.2) is 35.1 Å². The van der Waals surface area contributed by atoms with Gasteiger partial charge in [0.1, 0.15) is 0 Å². The average molecular weight is 336 g/mol. The molecule has 20 heavy (non-hydrogen) atoms. The molecule has 0 radical (unpaired) electrons. The summed E-state index contributed by atoms with van der Waals surface area (Å²) in [6, 6.07) is 6.95. The van der Waals surface area contributed by atoms with Crippen LogP contribution in [0.3, 0.4) is 0 Å². The second-order valence-corrected chi connectivity index (χ2v) is 6.05. The van der Waals surface area contributed by atoms with Crippen molar-refractivity contribution in [1.82, 2.24) is 15.1 Å². The van der Waals surface area contributed by atoms with Gasteiger partial charge in [0.05, 0.1) is 6.20 Å². The lowest BCUT2D eigenvalue weighted by Crippen LogP contribution is -2.22. The van der Waals surface area contributed by atoms with E-state index in [9.17, 15) is 0 Å². The van der Waals surface area contributed by atoms with E-state index in [1.165, 1.54) is 21.2 Å². The van der Waals surface area contributed by atoms with Crippen LogP contribution in [0.2, 0.25) is 0 Å². The highest BCUT2D eigenvalue weighted by Crippen LogP contribution is 2.27. The van der Waals surface area contributed by atoms with Crippen LogP contribution < -0.4 is 5.32 Å². The van der Waals surface area contributed by atoms with Crippen molar-refractivity contribution in [2.75, 3.05) is 6.54 Å². The molecule has 0 aliphatic carbocycles. The number of nitrogens with zero attached hydrogens (tertiary/aromatic N) is 2. The van der Waals surface area contributed by atoms with Crippen LogP contribution in [-0.4, -0.2) is 16.3 Å². The van der Waals surface area contributed by atoms with Crippen LogP contribution in [0.1, 0.15) is 36.1 Å². The molecule has 0 saturated carbocycles. The van der Waals surface area contributed by atoms with Gasteiger partial charge in [0, 0.05) is 23.8 Å². The predicted molar refractivity (Wildman–Crippen MR) is 86.8 cm³/mol. The molecule has 1 N–H and O–H groups in total. The Kier molecular flexibility index (Phi) is 5.38. The molecule has 1 aromatic heterocycles. The molecule has 1 unspecified atom stereocenters. The summed E-state index contributed by atoms with van der Waals surface area (Å²) < 4.78 is 3.05. The zero-order valence-electron chi connectivity index (χ0n) is 12.4. The van der Waals surface area contributed by atoms with Gasteiger partial charge in [-0.25, -0.2) is 0 Å². The monoisotopic (exact) mass is 335 g/mol. The van der Waals surface area contributed by atoms with E-state index in [0.717, 1.165) is 19.4 Å². The second kappa shape index (κ2) is 7.04. The SMILES string of the molecule is CCNC(CCc1cnn(C)c1)c1ccc(C)cc1Br. The quantitative estimate of drug-likeness (QED) is 0.870. The molecule has 2 rings (SSSR count). The number of hydrogen-bond acceptors (Lipinski definition) is 2. The molecule has 4 heteroatoms. The van der Waals surface area contributed by atoms with E-state index in [2.05, 4.69) is 64.6 Å². The van der Waals surface area contributed by atoms with Gasteiger partial charge in [0.2, 0.25) is 0 Å². The summed E-state index contributed by atoms with van der Waals surface area (Å²) >= 11 is 3.69. The summed E-state index contributed by atoms with van der Waals surface area (Å²) in [5.41, 5.74) is 3.91. The maximum absolute atomic E-state index is 4.23. The molecular weight excluding hydrogens is 314 g/mol. The van der Waals surface area contributed by atoms with Gasteiger partial charge in [-0.3, -0.25) is 4.68 Å². The van der Waals surface area contributed by atoms with Gasteiger partial charge in [0.15, 0.2) is 0 Å². The third-order valence-corrected chi connectivity index (χ3v) is 4.15. The Labute approximate surface area is 129 Å². The van der Waals surface area contributed by atoms with Crippen LogP contribution in [0.4, 0.5) is 0 Å². The zero-order valence-corrected chi connectivity index (χ0v) is 13.9. The van der Waals surface area contributed by atoms with Crippen molar-refractivity contribution in [3.05, 3.63) is 51.8 Å². The minimum Gasteiger partial charge on any atom is -0.310 e. The highest BCUT2D eigenvalue weighted by atomic mass is 79.9. The summed E-state index contributed by atoms with van der Waals surface area (Å²) in [7, 11) is 1.96. The molecule has 1 atom stereocenters. The molecule has 0 aliphatic heterocycles. The first kappa shape index (κ1) is 15.3. The lowest BCUT2D eigenvalue weighted by atomic mass is 9.99. The molecule has 3 nitrogen and oxygen atoms in total. The highest BCUT2D eigenvalue weighted by Gasteiger charge is 2.14. The molecule has 108 valence electrons. The molecule has 1 aromatic carbocycles. The topological polar surface area (TPSA) is 29.9 Å². The number of hydrogen-bond donors (Lipinski definition) is 1. The lowest BCUT2D eigenvalue weighted by molar-refractivity contribution is 0.513. The highest BCUT2D eigenvalue weighted by molar-refractivity contribution is 9.10. The van der Waals surface area contributed by atoms with Gasteiger partial charge in [-0.2, -0.15) is 5.10 Å². The Morgan fingerprint density at radius 2 is 2.20 bits per heavy atom. The molecule has 0 bridgehead atoms. The number of aryl methyl sites for hydroxylation is 3. The van der Waals surface area contributed by atoms with E-state index < -0.39 is 0 Å². The fourth-order valence-electron chi connectivity index (χ4n) is 2.44. The molecule has 0 amide bonds. The van der Waals surface area contributed by atoms with Gasteiger partial charge >= 0.3 is 0 Å². The Bertz CT molecular complexity index is 563. The van der Waals surface area contributed by atoms with E-state index in [4.69, 9.17) is 0 Å². The van der Waals surface area contributed by atoms with Crippen molar-refractivity contribution in [2.24, 2.45) is 7.05 Å². The smallest absolute Gasteiger partial charge is 0.0521 e. The summed E-state index contributed by atoms with van der Waals surface area (Å²) in [6.45, 7) is 5.24. The van der Waals surface area contributed by atoms with E-state index in [1.54, 1.807) is 0 Å². The van der Waals surface area contributed by atoms with Gasteiger partial charge in [-0.15, -0.1) is 0 Å². The van der Waals surface area contributed by atoms with Crippen LogP contribution >= 0.6 is 15.9 Å². The molecule has 0 fully saturated rings. The Morgan fingerprint density at radius 3 is 2.80 bits per heavy atom. The van der Waals surface area contributed by atoms with Crippen molar-refractivity contribution in [1.29, 1.82) is 0 Å². The van der Waals surface area contributed by atoms with Crippen LogP contribution in [0.25, 0.3) is 0 Å². The van der Waals surface area contributed by atoms with Gasteiger partial charge in [-0.1, -0.05) is 35.0 Å². The zero-order chi connectivity index (χ0) is 14.5. The first-order chi connectivity index (χ1) is 9.60. The minimum absolute atomic E-state index is 0.371. The third kappa shape index (κ3) is 3.93. The van der Waals surface area contributed by atoms with E-state index in [1.807, 2.05) is 17.9 Å². The van der Waals surface area contributed by atoms with E-state index in [-0.39, 0.29) is 0 Å². The van der Waals surface area contributed by atoms with E-state index in [0.29, 0.717) is 6.04 Å². The molecule has 0 saturated heterocycles. The largest absolute Gasteiger partial charge is 0.310 e. The fourth-order valence-corrected chi connectivity index (χ4v) is 3.21. The summed E-state index contributed by atoms with van der Waals surface area (Å²) in [5, 5.41) is 7.81. The van der Waals surface area contributed by atoms with Crippen molar-refractivity contribution in [3.63, 3.8) is 0 Å². The van der Waals surface area contributed by atoms with Crippen molar-refractivity contribution >= 4 is 15.9 Å². The summed E-state index contributed by atoms with van der Waals surface area (Å²) in [6.07, 6.45) is 6.15. The van der Waals surface area contributed by atoms with Crippen molar-refractivity contribution < 1.29 is 0 Å². The number of aromatic nitrogens is 2. The number of benzene rings is 1. The van der Waals surface area contributed by atoms with Crippen molar-refractivity contribution in [3.8, 4) is 0 Å². The van der Waals surface area contributed by atoms with E-state index >= 15 is 0 Å². The molecule has 0 spiro atoms. The molecular formula is C16H22BrN3. The molecule has 1 heterocycles. The Balaban J connectivity index is 2.09. The third-order valence-electron chi connectivity index (χ3n) is 3.46. The number of nitrogens with one attached hydrogen (secondary N) is 1. The number of rotatable bonds is 6. The summed E-state index contributed by atoms with van der Waals surface area (Å²) in [5.74, 6) is 0. The lowest BCUT2D eigenvalue weighted by Gasteiger charge is -2.20. The standard InChI is InChI=1S/C16H22BrN3/c1-4-18-16(8-6-13-10-19-20(3)11-13)14-7-5-12(2)9-15(14)17/h5,7,9-11,16,18H,4,6,8H2,1-3H3. The maximum Gasteiger partial charge on any atom is 0.0521 e. The van der Waals surface area contributed by atoms with Crippen LogP contribution in [-0.2, 0) is 13.5 Å². The first-order valence-corrected chi connectivity index (χ1v) is 7.86. The second-order valence-electron chi connectivity index (χ2n) is 5.20. The van der Waals surface area contributed by atoms with Crippen molar-refractivity contribution in [2.45, 2.75) is 32.7 Å².